The minimum atomic E-state index is -0.951. The molecule has 1 N–H and O–H groups in total. The molecule has 1 unspecified atom stereocenters. The molecule has 2 fully saturated rings. The lowest BCUT2D eigenvalue weighted by Crippen LogP contribution is -2.36. The molecule has 4 heterocycles. The summed E-state index contributed by atoms with van der Waals surface area (Å²) in [5.41, 5.74) is 3.50. The summed E-state index contributed by atoms with van der Waals surface area (Å²) in [7, 11) is 0. The Bertz CT molecular complexity index is 1680. The van der Waals surface area contributed by atoms with E-state index in [0.717, 1.165) is 61.4 Å². The molecule has 0 bridgehead atoms. The summed E-state index contributed by atoms with van der Waals surface area (Å²) in [4.78, 5) is 18.9. The average Bonchev–Trinajstić information content (AvgIpc) is 3.55. The van der Waals surface area contributed by atoms with Gasteiger partial charge in [0.15, 0.2) is 0 Å². The van der Waals surface area contributed by atoms with E-state index in [1.165, 1.54) is 6.07 Å². The number of nitriles is 1. The van der Waals surface area contributed by atoms with Gasteiger partial charge in [0.1, 0.15) is 18.2 Å². The van der Waals surface area contributed by atoms with Crippen LogP contribution in [0.5, 0.6) is 5.88 Å². The Labute approximate surface area is 249 Å². The number of nitrogens with zero attached hydrogens (tertiary/aromatic N) is 6. The first-order valence-corrected chi connectivity index (χ1v) is 14.8. The van der Waals surface area contributed by atoms with Crippen molar-refractivity contribution in [2.24, 2.45) is 0 Å². The summed E-state index contributed by atoms with van der Waals surface area (Å²) in [5, 5.41) is 23.3. The minimum Gasteiger partial charge on any atom is -0.478 e. The smallest absolute Gasteiger partial charge is 0.335 e. The fourth-order valence-corrected chi connectivity index (χ4v) is 5.77. The van der Waals surface area contributed by atoms with E-state index in [0.29, 0.717) is 24.5 Å². The molecule has 0 saturated carbocycles. The van der Waals surface area contributed by atoms with Gasteiger partial charge in [0.05, 0.1) is 53.5 Å². The monoisotopic (exact) mass is 586 g/mol. The number of benzene rings is 2. The number of fused-ring (bicyclic) bond motifs is 1. The highest BCUT2D eigenvalue weighted by Crippen LogP contribution is 2.31. The number of imidazole rings is 1. The molecule has 11 heteroatoms. The molecule has 0 amide bonds. The number of aromatic nitrogens is 4. The zero-order chi connectivity index (χ0) is 30.1. The third-order valence-electron chi connectivity index (χ3n) is 8.44. The van der Waals surface area contributed by atoms with Crippen molar-refractivity contribution in [1.82, 2.24) is 24.2 Å². The van der Waals surface area contributed by atoms with Crippen LogP contribution in [0.2, 0.25) is 0 Å². The van der Waals surface area contributed by atoms with Gasteiger partial charge < -0.3 is 19.1 Å². The van der Waals surface area contributed by atoms with Gasteiger partial charge in [-0.2, -0.15) is 5.26 Å². The number of hydrogen-bond donors (Lipinski definition) is 1. The molecule has 0 spiro atoms. The molecule has 0 aliphatic carbocycles. The molecule has 2 aliphatic rings. The van der Waals surface area contributed by atoms with Crippen LogP contribution in [0, 0.1) is 17.1 Å². The van der Waals surface area contributed by atoms with Crippen LogP contribution in [0.4, 0.5) is 4.39 Å². The second-order valence-electron chi connectivity index (χ2n) is 11.7. The molecule has 2 aromatic carbocycles. The topological polar surface area (TPSA) is 118 Å². The van der Waals surface area contributed by atoms with Gasteiger partial charge in [0.25, 0.3) is 0 Å². The summed E-state index contributed by atoms with van der Waals surface area (Å²) in [5.74, 6) is 0.191. The number of aromatic carboxylic acids is 1. The third kappa shape index (κ3) is 6.12. The molecular formula is C32H35FN6O4. The molecule has 6 rings (SSSR count). The minimum absolute atomic E-state index is 0.0353. The number of likely N-dealkylation sites (tertiary alicyclic amines) is 1. The molecule has 0 radical (unpaired) electrons. The SMILES string of the molecule is CC(C)c1cn(C2CCN(Cc3nc4ccc(C(=O)O)cc4n3CC3CCO3)CC2)nc1OCc1ccc(C#N)cc1F. The molecule has 224 valence electrons. The summed E-state index contributed by atoms with van der Waals surface area (Å²) in [6.07, 6.45) is 4.96. The van der Waals surface area contributed by atoms with E-state index < -0.39 is 11.8 Å². The standard InChI is InChI=1S/C32H35FN6O4/c1-20(2)26-17-39(36-31(26)43-19-23-4-3-21(15-34)13-27(23)33)24-7-10-37(11-8-24)18-30-35-28-6-5-22(32(40)41)14-29(28)38(30)16-25-9-12-42-25/h3-6,13-14,17,20,24-25H,7-12,16,18-19H2,1-2H3,(H,40,41). The van der Waals surface area contributed by atoms with Crippen LogP contribution < -0.4 is 4.74 Å². The molecule has 43 heavy (non-hydrogen) atoms. The number of hydrogen-bond acceptors (Lipinski definition) is 7. The molecule has 4 aromatic rings. The van der Waals surface area contributed by atoms with Gasteiger partial charge in [-0.1, -0.05) is 19.9 Å². The van der Waals surface area contributed by atoms with Crippen molar-refractivity contribution in [2.75, 3.05) is 19.7 Å². The average molecular weight is 587 g/mol. The van der Waals surface area contributed by atoms with Crippen LogP contribution in [0.25, 0.3) is 11.0 Å². The van der Waals surface area contributed by atoms with E-state index >= 15 is 0 Å². The molecule has 2 aliphatic heterocycles. The predicted molar refractivity (Wildman–Crippen MR) is 156 cm³/mol. The Kier molecular flexibility index (Phi) is 8.15. The van der Waals surface area contributed by atoms with Gasteiger partial charge in [0, 0.05) is 37.0 Å². The number of piperidine rings is 1. The van der Waals surface area contributed by atoms with Crippen LogP contribution in [-0.4, -0.2) is 61.1 Å². The first-order chi connectivity index (χ1) is 20.8. The van der Waals surface area contributed by atoms with Crippen LogP contribution in [0.15, 0.2) is 42.6 Å². The molecule has 1 atom stereocenters. The van der Waals surface area contributed by atoms with Crippen LogP contribution in [-0.2, 0) is 24.4 Å². The van der Waals surface area contributed by atoms with Gasteiger partial charge >= 0.3 is 5.97 Å². The lowest BCUT2D eigenvalue weighted by atomic mass is 10.0. The second kappa shape index (κ2) is 12.1. The molecule has 2 saturated heterocycles. The van der Waals surface area contributed by atoms with Crippen LogP contribution >= 0.6 is 0 Å². The van der Waals surface area contributed by atoms with E-state index in [9.17, 15) is 14.3 Å². The zero-order valence-electron chi connectivity index (χ0n) is 24.4. The third-order valence-corrected chi connectivity index (χ3v) is 8.44. The summed E-state index contributed by atoms with van der Waals surface area (Å²) >= 11 is 0. The van der Waals surface area contributed by atoms with Crippen molar-refractivity contribution in [1.29, 1.82) is 5.26 Å². The van der Waals surface area contributed by atoms with Crippen LogP contribution in [0.3, 0.4) is 0 Å². The number of carboxylic acid groups (broad SMARTS) is 1. The van der Waals surface area contributed by atoms with Gasteiger partial charge in [-0.15, -0.1) is 5.10 Å². The summed E-state index contributed by atoms with van der Waals surface area (Å²) in [6, 6.07) is 11.6. The molecule has 2 aromatic heterocycles. The number of halogens is 1. The fourth-order valence-electron chi connectivity index (χ4n) is 5.77. The maximum atomic E-state index is 14.4. The van der Waals surface area contributed by atoms with Crippen molar-refractivity contribution >= 4 is 17.0 Å². The highest BCUT2D eigenvalue weighted by atomic mass is 19.1. The van der Waals surface area contributed by atoms with Crippen molar-refractivity contribution in [2.45, 2.75) is 70.9 Å². The van der Waals surface area contributed by atoms with Crippen molar-refractivity contribution < 1.29 is 23.8 Å². The van der Waals surface area contributed by atoms with Crippen LogP contribution in [0.1, 0.15) is 77.9 Å². The van der Waals surface area contributed by atoms with E-state index in [1.54, 1.807) is 30.3 Å². The quantitative estimate of drug-likeness (QED) is 0.267. The zero-order valence-corrected chi connectivity index (χ0v) is 24.4. The van der Waals surface area contributed by atoms with E-state index in [4.69, 9.17) is 24.8 Å². The lowest BCUT2D eigenvalue weighted by Gasteiger charge is -2.32. The Morgan fingerprint density at radius 3 is 2.65 bits per heavy atom. The number of carbonyl (C=O) groups is 1. The van der Waals surface area contributed by atoms with Crippen molar-refractivity contribution in [3.05, 3.63) is 76.5 Å². The van der Waals surface area contributed by atoms with Gasteiger partial charge in [0.2, 0.25) is 5.88 Å². The van der Waals surface area contributed by atoms with Gasteiger partial charge in [-0.25, -0.2) is 14.2 Å². The number of ether oxygens (including phenoxy) is 2. The molecular weight excluding hydrogens is 551 g/mol. The Morgan fingerprint density at radius 2 is 2.00 bits per heavy atom. The number of carboxylic acids is 1. The van der Waals surface area contributed by atoms with Gasteiger partial charge in [-0.05, 0) is 55.5 Å². The Balaban J connectivity index is 1.13. The predicted octanol–water partition coefficient (Wildman–Crippen LogP) is 5.27. The molecule has 10 nitrogen and oxygen atoms in total. The second-order valence-corrected chi connectivity index (χ2v) is 11.7. The van der Waals surface area contributed by atoms with Crippen molar-refractivity contribution in [3.63, 3.8) is 0 Å². The summed E-state index contributed by atoms with van der Waals surface area (Å²) in [6.45, 7) is 8.00. The van der Waals surface area contributed by atoms with E-state index in [1.807, 2.05) is 16.9 Å². The summed E-state index contributed by atoms with van der Waals surface area (Å²) < 4.78 is 30.2. The van der Waals surface area contributed by atoms with Gasteiger partial charge in [-0.3, -0.25) is 9.58 Å². The first kappa shape index (κ1) is 28.8. The van der Waals surface area contributed by atoms with E-state index in [-0.39, 0.29) is 35.8 Å². The number of rotatable bonds is 10. The normalized spacial score (nSPS) is 17.7. The first-order valence-electron chi connectivity index (χ1n) is 14.8. The largest absolute Gasteiger partial charge is 0.478 e. The highest BCUT2D eigenvalue weighted by molar-refractivity contribution is 5.92. The maximum absolute atomic E-state index is 14.4. The maximum Gasteiger partial charge on any atom is 0.335 e. The van der Waals surface area contributed by atoms with E-state index in [2.05, 4.69) is 23.3 Å². The Hall–Kier alpha value is -4.27. The fraction of sp³-hybridized carbons (Fsp3) is 0.438. The highest BCUT2D eigenvalue weighted by Gasteiger charge is 2.27. The van der Waals surface area contributed by atoms with Crippen molar-refractivity contribution in [3.8, 4) is 11.9 Å². The lowest BCUT2D eigenvalue weighted by molar-refractivity contribution is -0.0592. The Morgan fingerprint density at radius 1 is 1.21 bits per heavy atom.